The van der Waals surface area contributed by atoms with Crippen molar-refractivity contribution in [1.29, 1.82) is 0 Å². The Labute approximate surface area is 210 Å². The van der Waals surface area contributed by atoms with E-state index in [2.05, 4.69) is 5.32 Å². The molecule has 1 unspecified atom stereocenters. The van der Waals surface area contributed by atoms with Gasteiger partial charge in [0.1, 0.15) is 35.8 Å². The molecular weight excluding hydrogens is 465 g/mol. The highest BCUT2D eigenvalue weighted by atomic mass is 19.1. The number of nitrogens with one attached hydrogen (secondary N) is 1. The van der Waals surface area contributed by atoms with Crippen LogP contribution in [-0.4, -0.2) is 51.7 Å². The summed E-state index contributed by atoms with van der Waals surface area (Å²) >= 11 is 0. The summed E-state index contributed by atoms with van der Waals surface area (Å²) in [5.74, 6) is 0.968. The van der Waals surface area contributed by atoms with E-state index in [1.54, 1.807) is 50.6 Å². The van der Waals surface area contributed by atoms with Gasteiger partial charge in [-0.1, -0.05) is 30.3 Å². The molecule has 0 saturated carbocycles. The van der Waals surface area contributed by atoms with Crippen LogP contribution >= 0.6 is 0 Å². The fourth-order valence-corrected chi connectivity index (χ4v) is 3.48. The highest BCUT2D eigenvalue weighted by Crippen LogP contribution is 2.25. The number of aliphatic hydroxyl groups is 1. The minimum absolute atomic E-state index is 0.0959. The van der Waals surface area contributed by atoms with Gasteiger partial charge in [0.15, 0.2) is 0 Å². The van der Waals surface area contributed by atoms with Crippen LogP contribution in [-0.2, 0) is 16.1 Å². The first kappa shape index (κ1) is 26.7. The molecule has 3 rings (SSSR count). The van der Waals surface area contributed by atoms with Gasteiger partial charge in [-0.2, -0.15) is 0 Å². The Morgan fingerprint density at radius 1 is 1.00 bits per heavy atom. The number of rotatable bonds is 12. The van der Waals surface area contributed by atoms with Crippen molar-refractivity contribution in [3.63, 3.8) is 0 Å². The molecule has 3 aromatic carbocycles. The van der Waals surface area contributed by atoms with Crippen LogP contribution in [0, 0.1) is 5.82 Å². The summed E-state index contributed by atoms with van der Waals surface area (Å²) in [5.41, 5.74) is 2.31. The molecule has 8 heteroatoms. The van der Waals surface area contributed by atoms with Crippen molar-refractivity contribution in [1.82, 2.24) is 5.32 Å². The standard InChI is InChI=1S/C28H30FNO6/c1-33-25-12-9-21(27(15-25)34-2)16-30-17-23(31)18-36-24-10-7-19(8-11-24)13-26(28(32)35-3)20-5-4-6-22(29)14-20/h4-15,23,30-31H,16-18H2,1-3H3. The maximum atomic E-state index is 13.6. The van der Waals surface area contributed by atoms with Gasteiger partial charge in [-0.3, -0.25) is 0 Å². The van der Waals surface area contributed by atoms with Crippen LogP contribution in [0.3, 0.4) is 0 Å². The lowest BCUT2D eigenvalue weighted by Crippen LogP contribution is -2.31. The molecule has 3 aromatic rings. The predicted molar refractivity (Wildman–Crippen MR) is 135 cm³/mol. The monoisotopic (exact) mass is 495 g/mol. The SMILES string of the molecule is COC(=O)C(=Cc1ccc(OCC(O)CNCc2ccc(OC)cc2OC)cc1)c1cccc(F)c1. The fourth-order valence-electron chi connectivity index (χ4n) is 3.48. The normalized spacial score (nSPS) is 12.1. The number of esters is 1. The van der Waals surface area contributed by atoms with Crippen molar-refractivity contribution in [2.24, 2.45) is 0 Å². The molecule has 0 aliphatic carbocycles. The molecule has 2 N–H and O–H groups in total. The summed E-state index contributed by atoms with van der Waals surface area (Å²) in [7, 11) is 4.47. The molecule has 36 heavy (non-hydrogen) atoms. The molecule has 0 amide bonds. The Morgan fingerprint density at radius 3 is 2.42 bits per heavy atom. The van der Waals surface area contributed by atoms with Gasteiger partial charge in [-0.05, 0) is 47.5 Å². The second-order valence-corrected chi connectivity index (χ2v) is 7.90. The number of ether oxygens (including phenoxy) is 4. The summed E-state index contributed by atoms with van der Waals surface area (Å²) in [6.07, 6.45) is 0.893. The van der Waals surface area contributed by atoms with E-state index in [1.165, 1.54) is 25.3 Å². The first-order valence-electron chi connectivity index (χ1n) is 11.3. The third-order valence-electron chi connectivity index (χ3n) is 5.36. The van der Waals surface area contributed by atoms with Crippen LogP contribution in [0.5, 0.6) is 17.2 Å². The quantitative estimate of drug-likeness (QED) is 0.222. The zero-order chi connectivity index (χ0) is 25.9. The molecule has 0 spiro atoms. The van der Waals surface area contributed by atoms with Gasteiger partial charge in [-0.25, -0.2) is 9.18 Å². The smallest absolute Gasteiger partial charge is 0.338 e. The Hall–Kier alpha value is -3.88. The van der Waals surface area contributed by atoms with Crippen molar-refractivity contribution in [2.45, 2.75) is 12.6 Å². The number of methoxy groups -OCH3 is 3. The summed E-state index contributed by atoms with van der Waals surface area (Å²) in [4.78, 5) is 12.2. The zero-order valence-corrected chi connectivity index (χ0v) is 20.5. The number of benzene rings is 3. The van der Waals surface area contributed by atoms with E-state index < -0.39 is 17.9 Å². The number of carbonyl (C=O) groups excluding carboxylic acids is 1. The minimum Gasteiger partial charge on any atom is -0.497 e. The zero-order valence-electron chi connectivity index (χ0n) is 20.5. The van der Waals surface area contributed by atoms with E-state index in [0.29, 0.717) is 41.5 Å². The Bertz CT molecular complexity index is 1180. The lowest BCUT2D eigenvalue weighted by atomic mass is 10.0. The summed E-state index contributed by atoms with van der Waals surface area (Å²) < 4.78 is 34.7. The van der Waals surface area contributed by atoms with Crippen LogP contribution in [0.15, 0.2) is 66.7 Å². The molecule has 0 aromatic heterocycles. The number of hydrogen-bond acceptors (Lipinski definition) is 7. The summed E-state index contributed by atoms with van der Waals surface area (Å²) in [6.45, 7) is 0.934. The van der Waals surface area contributed by atoms with Crippen molar-refractivity contribution in [2.75, 3.05) is 34.5 Å². The highest BCUT2D eigenvalue weighted by Gasteiger charge is 2.13. The maximum Gasteiger partial charge on any atom is 0.338 e. The van der Waals surface area contributed by atoms with Gasteiger partial charge in [0.2, 0.25) is 0 Å². The highest BCUT2D eigenvalue weighted by molar-refractivity contribution is 6.21. The Kier molecular flexibility index (Phi) is 9.85. The average molecular weight is 496 g/mol. The average Bonchev–Trinajstić information content (AvgIpc) is 2.90. The van der Waals surface area contributed by atoms with E-state index in [1.807, 2.05) is 18.2 Å². The molecule has 190 valence electrons. The molecule has 0 aliphatic rings. The Morgan fingerprint density at radius 2 is 1.75 bits per heavy atom. The van der Waals surface area contributed by atoms with E-state index in [4.69, 9.17) is 18.9 Å². The van der Waals surface area contributed by atoms with E-state index in [0.717, 1.165) is 5.56 Å². The molecule has 0 bridgehead atoms. The number of halogens is 1. The lowest BCUT2D eigenvalue weighted by Gasteiger charge is -2.15. The molecule has 0 saturated heterocycles. The van der Waals surface area contributed by atoms with E-state index in [9.17, 15) is 14.3 Å². The number of hydrogen-bond donors (Lipinski definition) is 2. The molecule has 0 aliphatic heterocycles. The van der Waals surface area contributed by atoms with Crippen LogP contribution in [0.1, 0.15) is 16.7 Å². The van der Waals surface area contributed by atoms with Crippen LogP contribution in [0.25, 0.3) is 11.6 Å². The van der Waals surface area contributed by atoms with Crippen LogP contribution in [0.4, 0.5) is 4.39 Å². The van der Waals surface area contributed by atoms with Gasteiger partial charge in [0, 0.05) is 24.7 Å². The predicted octanol–water partition coefficient (Wildman–Crippen LogP) is 4.09. The van der Waals surface area contributed by atoms with Crippen LogP contribution in [0.2, 0.25) is 0 Å². The van der Waals surface area contributed by atoms with Crippen molar-refractivity contribution >= 4 is 17.6 Å². The topological polar surface area (TPSA) is 86.3 Å². The van der Waals surface area contributed by atoms with Gasteiger partial charge < -0.3 is 29.4 Å². The summed E-state index contributed by atoms with van der Waals surface area (Å²) in [6, 6.07) is 18.3. The third kappa shape index (κ3) is 7.56. The molecule has 1 atom stereocenters. The second kappa shape index (κ2) is 13.3. The minimum atomic E-state index is -0.729. The molecule has 0 heterocycles. The first-order chi connectivity index (χ1) is 17.4. The third-order valence-corrected chi connectivity index (χ3v) is 5.36. The molecule has 7 nitrogen and oxygen atoms in total. The second-order valence-electron chi connectivity index (χ2n) is 7.90. The largest absolute Gasteiger partial charge is 0.497 e. The Balaban J connectivity index is 1.54. The first-order valence-corrected chi connectivity index (χ1v) is 11.3. The van der Waals surface area contributed by atoms with Gasteiger partial charge in [0.05, 0.1) is 26.9 Å². The van der Waals surface area contributed by atoms with E-state index >= 15 is 0 Å². The van der Waals surface area contributed by atoms with Crippen LogP contribution < -0.4 is 19.5 Å². The lowest BCUT2D eigenvalue weighted by molar-refractivity contribution is -0.133. The number of aliphatic hydroxyl groups excluding tert-OH is 1. The van der Waals surface area contributed by atoms with Gasteiger partial charge in [-0.15, -0.1) is 0 Å². The summed E-state index contributed by atoms with van der Waals surface area (Å²) in [5, 5.41) is 13.5. The maximum absolute atomic E-state index is 13.6. The van der Waals surface area contributed by atoms with Crippen molar-refractivity contribution in [3.8, 4) is 17.2 Å². The molecule has 0 radical (unpaired) electrons. The van der Waals surface area contributed by atoms with Crippen molar-refractivity contribution in [3.05, 3.63) is 89.2 Å². The van der Waals surface area contributed by atoms with E-state index in [-0.39, 0.29) is 12.2 Å². The fraction of sp³-hybridized carbons (Fsp3) is 0.250. The van der Waals surface area contributed by atoms with Gasteiger partial charge in [0.25, 0.3) is 0 Å². The van der Waals surface area contributed by atoms with Gasteiger partial charge >= 0.3 is 5.97 Å². The molecule has 0 fully saturated rings. The number of carbonyl (C=O) groups is 1. The van der Waals surface area contributed by atoms with Crippen molar-refractivity contribution < 1.29 is 33.2 Å². The molecular formula is C28H30FNO6.